The third kappa shape index (κ3) is 3.19. The molecular weight excluding hydrogens is 300 g/mol. The van der Waals surface area contributed by atoms with Crippen LogP contribution < -0.4 is 9.64 Å². The number of anilines is 1. The van der Waals surface area contributed by atoms with Crippen LogP contribution in [0.5, 0.6) is 5.75 Å². The van der Waals surface area contributed by atoms with Crippen molar-refractivity contribution in [2.75, 3.05) is 39.2 Å². The molecule has 0 radical (unpaired) electrons. The lowest BCUT2D eigenvalue weighted by atomic mass is 9.93. The average Bonchev–Trinajstić information content (AvgIpc) is 3.07. The highest BCUT2D eigenvalue weighted by Crippen LogP contribution is 2.33. The van der Waals surface area contributed by atoms with Gasteiger partial charge >= 0.3 is 0 Å². The minimum absolute atomic E-state index is 0.387. The molecule has 3 rings (SSSR count). The molecule has 2 heterocycles. The fraction of sp³-hybridized carbons (Fsp3) is 0.368. The first-order chi connectivity index (χ1) is 11.6. The Hall–Kier alpha value is -2.58. The number of likely N-dealkylation sites (N-methyl/N-ethyl adjacent to an activating group) is 1. The molecule has 5 heteroatoms. The maximum absolute atomic E-state index is 9.07. The molecule has 1 aromatic heterocycles. The van der Waals surface area contributed by atoms with E-state index < -0.39 is 0 Å². The third-order valence-electron chi connectivity index (χ3n) is 4.67. The minimum Gasteiger partial charge on any atom is -0.497 e. The first-order valence-electron chi connectivity index (χ1n) is 8.05. The van der Waals surface area contributed by atoms with E-state index in [1.54, 1.807) is 13.2 Å². The monoisotopic (exact) mass is 322 g/mol. The van der Waals surface area contributed by atoms with Gasteiger partial charge in [0.05, 0.1) is 7.11 Å². The standard InChI is InChI=1S/C19H22N4O/c1-22(2)18-13-23(19-6-4-5-15(11-20)21-19)12-17(18)14-7-9-16(24-3)10-8-14/h4-10,17-18H,12-13H2,1-3H3/t17-,18+/m0/s1. The predicted octanol–water partition coefficient (Wildman–Crippen LogP) is 2.50. The summed E-state index contributed by atoms with van der Waals surface area (Å²) in [6, 6.07) is 16.4. The van der Waals surface area contributed by atoms with E-state index in [-0.39, 0.29) is 0 Å². The smallest absolute Gasteiger partial charge is 0.142 e. The molecule has 2 atom stereocenters. The van der Waals surface area contributed by atoms with Crippen LogP contribution in [0.4, 0.5) is 5.82 Å². The highest BCUT2D eigenvalue weighted by molar-refractivity contribution is 5.45. The maximum atomic E-state index is 9.07. The molecule has 0 spiro atoms. The van der Waals surface area contributed by atoms with Crippen molar-refractivity contribution in [3.05, 3.63) is 53.7 Å². The summed E-state index contributed by atoms with van der Waals surface area (Å²) in [5.41, 5.74) is 1.76. The Balaban J connectivity index is 1.87. The van der Waals surface area contributed by atoms with Gasteiger partial charge in [-0.05, 0) is 43.9 Å². The van der Waals surface area contributed by atoms with Crippen molar-refractivity contribution in [2.45, 2.75) is 12.0 Å². The first-order valence-corrected chi connectivity index (χ1v) is 8.05. The molecule has 1 fully saturated rings. The minimum atomic E-state index is 0.387. The zero-order valence-electron chi connectivity index (χ0n) is 14.3. The molecule has 1 aliphatic rings. The van der Waals surface area contributed by atoms with Crippen molar-refractivity contribution in [3.63, 3.8) is 0 Å². The fourth-order valence-corrected chi connectivity index (χ4v) is 3.34. The highest BCUT2D eigenvalue weighted by Gasteiger charge is 2.35. The number of aromatic nitrogens is 1. The molecule has 5 nitrogen and oxygen atoms in total. The summed E-state index contributed by atoms with van der Waals surface area (Å²) in [6.45, 7) is 1.78. The van der Waals surface area contributed by atoms with Gasteiger partial charge in [0.2, 0.25) is 0 Å². The lowest BCUT2D eigenvalue weighted by molar-refractivity contribution is 0.292. The summed E-state index contributed by atoms with van der Waals surface area (Å²) in [6.07, 6.45) is 0. The van der Waals surface area contributed by atoms with Crippen LogP contribution in [-0.2, 0) is 0 Å². The molecule has 0 amide bonds. The number of hydrogen-bond acceptors (Lipinski definition) is 5. The molecule has 2 aromatic rings. The zero-order chi connectivity index (χ0) is 17.1. The van der Waals surface area contributed by atoms with Crippen molar-refractivity contribution < 1.29 is 4.74 Å². The van der Waals surface area contributed by atoms with E-state index in [1.165, 1.54) is 5.56 Å². The van der Waals surface area contributed by atoms with Crippen LogP contribution in [0.3, 0.4) is 0 Å². The predicted molar refractivity (Wildman–Crippen MR) is 94.4 cm³/mol. The molecule has 1 aromatic carbocycles. The van der Waals surface area contributed by atoms with E-state index in [9.17, 15) is 0 Å². The highest BCUT2D eigenvalue weighted by atomic mass is 16.5. The molecule has 1 aliphatic heterocycles. The fourth-order valence-electron chi connectivity index (χ4n) is 3.34. The number of pyridine rings is 1. The quantitative estimate of drug-likeness (QED) is 0.865. The summed E-state index contributed by atoms with van der Waals surface area (Å²) in [5.74, 6) is 2.13. The summed E-state index contributed by atoms with van der Waals surface area (Å²) in [5, 5.41) is 9.07. The molecule has 24 heavy (non-hydrogen) atoms. The third-order valence-corrected chi connectivity index (χ3v) is 4.67. The lowest BCUT2D eigenvalue weighted by Crippen LogP contribution is -2.34. The number of rotatable bonds is 4. The van der Waals surface area contributed by atoms with Crippen molar-refractivity contribution in [2.24, 2.45) is 0 Å². The van der Waals surface area contributed by atoms with Gasteiger partial charge in [0.15, 0.2) is 0 Å². The zero-order valence-corrected chi connectivity index (χ0v) is 14.3. The van der Waals surface area contributed by atoms with E-state index in [0.29, 0.717) is 17.7 Å². The van der Waals surface area contributed by atoms with Crippen LogP contribution in [-0.4, -0.2) is 50.2 Å². The molecule has 0 aliphatic carbocycles. The van der Waals surface area contributed by atoms with E-state index in [2.05, 4.69) is 47.1 Å². The molecule has 0 N–H and O–H groups in total. The van der Waals surface area contributed by atoms with Crippen LogP contribution in [0.2, 0.25) is 0 Å². The van der Waals surface area contributed by atoms with Crippen LogP contribution in [0.15, 0.2) is 42.5 Å². The van der Waals surface area contributed by atoms with Crippen molar-refractivity contribution in [1.29, 1.82) is 5.26 Å². The van der Waals surface area contributed by atoms with Gasteiger partial charge in [0.25, 0.3) is 0 Å². The molecule has 124 valence electrons. The van der Waals surface area contributed by atoms with Gasteiger partial charge in [-0.1, -0.05) is 18.2 Å². The van der Waals surface area contributed by atoms with Crippen molar-refractivity contribution in [1.82, 2.24) is 9.88 Å². The maximum Gasteiger partial charge on any atom is 0.142 e. The van der Waals surface area contributed by atoms with Crippen LogP contribution >= 0.6 is 0 Å². The van der Waals surface area contributed by atoms with Crippen LogP contribution in [0, 0.1) is 11.3 Å². The lowest BCUT2D eigenvalue weighted by Gasteiger charge is -2.25. The van der Waals surface area contributed by atoms with E-state index in [4.69, 9.17) is 10.00 Å². The van der Waals surface area contributed by atoms with Gasteiger partial charge < -0.3 is 14.5 Å². The Morgan fingerprint density at radius 1 is 1.17 bits per heavy atom. The SMILES string of the molecule is COc1ccc([C@@H]2CN(c3cccc(C#N)n3)C[C@H]2N(C)C)cc1. The number of nitriles is 1. The summed E-state index contributed by atoms with van der Waals surface area (Å²) in [4.78, 5) is 8.98. The van der Waals surface area contributed by atoms with Gasteiger partial charge in [-0.2, -0.15) is 5.26 Å². The van der Waals surface area contributed by atoms with Gasteiger partial charge in [-0.3, -0.25) is 0 Å². The second kappa shape index (κ2) is 6.90. The van der Waals surface area contributed by atoms with Gasteiger partial charge in [-0.25, -0.2) is 4.98 Å². The topological polar surface area (TPSA) is 52.4 Å². The van der Waals surface area contributed by atoms with Crippen molar-refractivity contribution in [3.8, 4) is 11.8 Å². The molecule has 0 saturated carbocycles. The Morgan fingerprint density at radius 2 is 1.92 bits per heavy atom. The van der Waals surface area contributed by atoms with Crippen LogP contribution in [0.25, 0.3) is 0 Å². The summed E-state index contributed by atoms with van der Waals surface area (Å²) in [7, 11) is 5.91. The second-order valence-corrected chi connectivity index (χ2v) is 6.31. The second-order valence-electron chi connectivity index (χ2n) is 6.31. The van der Waals surface area contributed by atoms with Gasteiger partial charge in [0, 0.05) is 25.0 Å². The molecular formula is C19H22N4O. The number of hydrogen-bond donors (Lipinski definition) is 0. The number of ether oxygens (including phenoxy) is 1. The normalized spacial score (nSPS) is 20.2. The Morgan fingerprint density at radius 3 is 2.54 bits per heavy atom. The largest absolute Gasteiger partial charge is 0.497 e. The average molecular weight is 322 g/mol. The molecule has 0 bridgehead atoms. The van der Waals surface area contributed by atoms with Crippen molar-refractivity contribution >= 4 is 5.82 Å². The molecule has 0 unspecified atom stereocenters. The summed E-state index contributed by atoms with van der Waals surface area (Å²) < 4.78 is 5.26. The van der Waals surface area contributed by atoms with Gasteiger partial charge in [-0.15, -0.1) is 0 Å². The Kier molecular flexibility index (Phi) is 4.68. The Labute approximate surface area is 143 Å². The number of nitrogens with zero attached hydrogens (tertiary/aromatic N) is 4. The van der Waals surface area contributed by atoms with E-state index in [1.807, 2.05) is 24.3 Å². The number of benzene rings is 1. The van der Waals surface area contributed by atoms with Crippen LogP contribution in [0.1, 0.15) is 17.2 Å². The molecule has 1 saturated heterocycles. The van der Waals surface area contributed by atoms with Gasteiger partial charge in [0.1, 0.15) is 23.3 Å². The Bertz CT molecular complexity index is 736. The van der Waals surface area contributed by atoms with E-state index in [0.717, 1.165) is 24.7 Å². The first kappa shape index (κ1) is 16.3. The van der Waals surface area contributed by atoms with E-state index >= 15 is 0 Å². The summed E-state index contributed by atoms with van der Waals surface area (Å²) >= 11 is 0. The number of methoxy groups -OCH3 is 1.